The normalized spacial score (nSPS) is 17.2. The van der Waals surface area contributed by atoms with Gasteiger partial charge in [0.1, 0.15) is 0 Å². The van der Waals surface area contributed by atoms with Gasteiger partial charge in [-0.2, -0.15) is 4.31 Å². The van der Waals surface area contributed by atoms with Crippen molar-refractivity contribution in [1.29, 1.82) is 0 Å². The molecule has 0 saturated carbocycles. The summed E-state index contributed by atoms with van der Waals surface area (Å²) in [5.41, 5.74) is 2.16. The summed E-state index contributed by atoms with van der Waals surface area (Å²) in [5, 5.41) is 5.15. The molecule has 7 nitrogen and oxygen atoms in total. The SMILES string of the molecule is Cc1ccc(C)c(S(=O)(=O)N2CCCC[C@@H]2CCNC(=O)C(=O)Nc2ccccc2)c1. The van der Waals surface area contributed by atoms with E-state index in [2.05, 4.69) is 10.6 Å². The number of nitrogens with zero attached hydrogens (tertiary/aromatic N) is 1. The molecule has 0 bridgehead atoms. The van der Waals surface area contributed by atoms with Crippen LogP contribution in [0.25, 0.3) is 0 Å². The first kappa shape index (κ1) is 23.0. The van der Waals surface area contributed by atoms with Gasteiger partial charge in [-0.3, -0.25) is 9.59 Å². The zero-order valence-electron chi connectivity index (χ0n) is 17.9. The van der Waals surface area contributed by atoms with Crippen molar-refractivity contribution in [2.24, 2.45) is 0 Å². The summed E-state index contributed by atoms with van der Waals surface area (Å²) in [6.07, 6.45) is 2.93. The van der Waals surface area contributed by atoms with E-state index in [1.54, 1.807) is 41.6 Å². The van der Waals surface area contributed by atoms with E-state index in [0.717, 1.165) is 30.4 Å². The van der Waals surface area contributed by atoms with Crippen LogP contribution in [0.2, 0.25) is 0 Å². The monoisotopic (exact) mass is 443 g/mol. The standard InChI is InChI=1S/C23H29N3O4S/c1-17-11-12-18(2)21(16-17)31(29,30)26-15-7-6-10-20(26)13-14-24-22(27)23(28)25-19-8-4-3-5-9-19/h3-5,8-9,11-12,16,20H,6-7,10,13-15H2,1-2H3,(H,24,27)(H,25,28)/t20-/m1/s1. The maximum Gasteiger partial charge on any atom is 0.313 e. The molecular weight excluding hydrogens is 414 g/mol. The molecule has 1 aliphatic rings. The van der Waals surface area contributed by atoms with E-state index in [4.69, 9.17) is 0 Å². The summed E-state index contributed by atoms with van der Waals surface area (Å²) >= 11 is 0. The van der Waals surface area contributed by atoms with Crippen molar-refractivity contribution in [2.45, 2.75) is 50.5 Å². The first-order valence-corrected chi connectivity index (χ1v) is 12.0. The lowest BCUT2D eigenvalue weighted by Crippen LogP contribution is -2.46. The Kier molecular flexibility index (Phi) is 7.46. The van der Waals surface area contributed by atoms with Crippen LogP contribution in [-0.2, 0) is 19.6 Å². The molecule has 0 spiro atoms. The lowest BCUT2D eigenvalue weighted by atomic mass is 10.0. The molecule has 1 fully saturated rings. The molecule has 31 heavy (non-hydrogen) atoms. The van der Waals surface area contributed by atoms with Crippen LogP contribution in [0.5, 0.6) is 0 Å². The van der Waals surface area contributed by atoms with Crippen LogP contribution in [0, 0.1) is 13.8 Å². The molecule has 0 aromatic heterocycles. The molecule has 1 saturated heterocycles. The largest absolute Gasteiger partial charge is 0.348 e. The van der Waals surface area contributed by atoms with Crippen molar-refractivity contribution in [1.82, 2.24) is 9.62 Å². The molecule has 1 aliphatic heterocycles. The number of anilines is 1. The molecule has 0 unspecified atom stereocenters. The highest BCUT2D eigenvalue weighted by molar-refractivity contribution is 7.89. The van der Waals surface area contributed by atoms with Crippen LogP contribution in [-0.4, -0.2) is 43.7 Å². The average molecular weight is 444 g/mol. The molecule has 0 aliphatic carbocycles. The van der Waals surface area contributed by atoms with Crippen LogP contribution in [0.3, 0.4) is 0 Å². The first-order chi connectivity index (χ1) is 14.8. The maximum absolute atomic E-state index is 13.4. The smallest absolute Gasteiger partial charge is 0.313 e. The fraction of sp³-hybridized carbons (Fsp3) is 0.391. The van der Waals surface area contributed by atoms with E-state index in [9.17, 15) is 18.0 Å². The number of aryl methyl sites for hydroxylation is 2. The van der Waals surface area contributed by atoms with Gasteiger partial charge in [-0.1, -0.05) is 36.8 Å². The van der Waals surface area contributed by atoms with E-state index < -0.39 is 21.8 Å². The van der Waals surface area contributed by atoms with Gasteiger partial charge in [0.2, 0.25) is 10.0 Å². The van der Waals surface area contributed by atoms with Crippen molar-refractivity contribution in [3.8, 4) is 0 Å². The minimum atomic E-state index is -3.63. The predicted octanol–water partition coefficient (Wildman–Crippen LogP) is 2.99. The molecule has 0 radical (unpaired) electrons. The number of amides is 2. The Morgan fingerprint density at radius 1 is 1.03 bits per heavy atom. The van der Waals surface area contributed by atoms with Gasteiger partial charge in [-0.25, -0.2) is 8.42 Å². The number of hydrogen-bond donors (Lipinski definition) is 2. The lowest BCUT2D eigenvalue weighted by Gasteiger charge is -2.35. The highest BCUT2D eigenvalue weighted by atomic mass is 32.2. The van der Waals surface area contributed by atoms with E-state index in [1.807, 2.05) is 25.1 Å². The summed E-state index contributed by atoms with van der Waals surface area (Å²) in [5.74, 6) is -1.47. The summed E-state index contributed by atoms with van der Waals surface area (Å²) in [6, 6.07) is 14.0. The number of sulfonamides is 1. The number of para-hydroxylation sites is 1. The van der Waals surface area contributed by atoms with Crippen LogP contribution >= 0.6 is 0 Å². The quantitative estimate of drug-likeness (QED) is 0.671. The van der Waals surface area contributed by atoms with Gasteiger partial charge in [0.05, 0.1) is 4.90 Å². The molecule has 2 amide bonds. The second-order valence-electron chi connectivity index (χ2n) is 7.90. The molecule has 2 aromatic rings. The summed E-state index contributed by atoms with van der Waals surface area (Å²) in [4.78, 5) is 24.5. The first-order valence-electron chi connectivity index (χ1n) is 10.5. The Balaban J connectivity index is 1.61. The predicted molar refractivity (Wildman–Crippen MR) is 120 cm³/mol. The second kappa shape index (κ2) is 10.1. The zero-order valence-corrected chi connectivity index (χ0v) is 18.7. The Labute approximate surface area is 183 Å². The van der Waals surface area contributed by atoms with Gasteiger partial charge in [-0.05, 0) is 62.4 Å². The molecule has 1 atom stereocenters. The van der Waals surface area contributed by atoms with Gasteiger partial charge >= 0.3 is 11.8 Å². The van der Waals surface area contributed by atoms with Crippen LogP contribution in [0.4, 0.5) is 5.69 Å². The van der Waals surface area contributed by atoms with Crippen molar-refractivity contribution in [3.05, 3.63) is 59.7 Å². The van der Waals surface area contributed by atoms with Gasteiger partial charge in [0.25, 0.3) is 0 Å². The number of nitrogens with one attached hydrogen (secondary N) is 2. The van der Waals surface area contributed by atoms with Crippen molar-refractivity contribution in [2.75, 3.05) is 18.4 Å². The van der Waals surface area contributed by atoms with Gasteiger partial charge in [0.15, 0.2) is 0 Å². The second-order valence-corrected chi connectivity index (χ2v) is 9.76. The molecular formula is C23H29N3O4S. The molecule has 2 N–H and O–H groups in total. The van der Waals surface area contributed by atoms with Crippen molar-refractivity contribution < 1.29 is 18.0 Å². The molecule has 8 heteroatoms. The Morgan fingerprint density at radius 3 is 2.52 bits per heavy atom. The van der Waals surface area contributed by atoms with Crippen LogP contribution in [0.15, 0.2) is 53.4 Å². The lowest BCUT2D eigenvalue weighted by molar-refractivity contribution is -0.136. The van der Waals surface area contributed by atoms with Crippen molar-refractivity contribution in [3.63, 3.8) is 0 Å². The highest BCUT2D eigenvalue weighted by Gasteiger charge is 2.34. The van der Waals surface area contributed by atoms with Gasteiger partial charge < -0.3 is 10.6 Å². The number of hydrogen-bond acceptors (Lipinski definition) is 4. The van der Waals surface area contributed by atoms with Crippen molar-refractivity contribution >= 4 is 27.5 Å². The number of carbonyl (C=O) groups is 2. The number of rotatable bonds is 6. The molecule has 166 valence electrons. The Hall–Kier alpha value is -2.71. The van der Waals surface area contributed by atoms with E-state index in [-0.39, 0.29) is 12.6 Å². The summed E-state index contributed by atoms with van der Waals surface area (Å²) < 4.78 is 28.3. The van der Waals surface area contributed by atoms with Crippen LogP contribution < -0.4 is 10.6 Å². The third-order valence-corrected chi connectivity index (χ3v) is 7.60. The molecule has 3 rings (SSSR count). The fourth-order valence-corrected chi connectivity index (χ4v) is 5.87. The Bertz CT molecular complexity index is 1040. The molecule has 1 heterocycles. The van der Waals surface area contributed by atoms with Gasteiger partial charge in [0, 0.05) is 24.8 Å². The van der Waals surface area contributed by atoms with E-state index in [1.165, 1.54) is 0 Å². The minimum absolute atomic E-state index is 0.212. The van der Waals surface area contributed by atoms with E-state index in [0.29, 0.717) is 23.5 Å². The highest BCUT2D eigenvalue weighted by Crippen LogP contribution is 2.29. The Morgan fingerprint density at radius 2 is 1.77 bits per heavy atom. The number of carbonyl (C=O) groups excluding carboxylic acids is 2. The molecule has 2 aromatic carbocycles. The summed E-state index contributed by atoms with van der Waals surface area (Å²) in [7, 11) is -3.63. The maximum atomic E-state index is 13.4. The van der Waals surface area contributed by atoms with Crippen LogP contribution in [0.1, 0.15) is 36.8 Å². The zero-order chi connectivity index (χ0) is 22.4. The fourth-order valence-electron chi connectivity index (χ4n) is 3.83. The number of piperidine rings is 1. The topological polar surface area (TPSA) is 95.6 Å². The third kappa shape index (κ3) is 5.71. The minimum Gasteiger partial charge on any atom is -0.348 e. The average Bonchev–Trinajstić information content (AvgIpc) is 2.76. The van der Waals surface area contributed by atoms with E-state index >= 15 is 0 Å². The number of benzene rings is 2. The van der Waals surface area contributed by atoms with Gasteiger partial charge in [-0.15, -0.1) is 0 Å². The third-order valence-electron chi connectivity index (χ3n) is 5.50. The summed E-state index contributed by atoms with van der Waals surface area (Å²) in [6.45, 7) is 4.37.